The summed E-state index contributed by atoms with van der Waals surface area (Å²) in [6.07, 6.45) is 1.64. The standard InChI is InChI=1S/C9H12BClN2O2/c10-8-5-7(1-3-12-8)13-9(14)6-15-4-2-11/h1,3,5H,2,4,6,10H2,(H,12,13,14). The largest absolute Gasteiger partial charge is 0.370 e. The number of ether oxygens (including phenoxy) is 1. The minimum Gasteiger partial charge on any atom is -0.370 e. The van der Waals surface area contributed by atoms with Crippen molar-refractivity contribution in [1.29, 1.82) is 0 Å². The number of pyridine rings is 1. The Kier molecular flexibility index (Phi) is 5.14. The predicted octanol–water partition coefficient (Wildman–Crippen LogP) is -0.466. The summed E-state index contributed by atoms with van der Waals surface area (Å²) >= 11 is 5.40. The van der Waals surface area contributed by atoms with Crippen LogP contribution in [0.25, 0.3) is 0 Å². The highest BCUT2D eigenvalue weighted by Crippen LogP contribution is 2.01. The van der Waals surface area contributed by atoms with Gasteiger partial charge in [-0.15, -0.1) is 11.6 Å². The molecule has 1 heterocycles. The normalized spacial score (nSPS) is 9.93. The third-order valence-corrected chi connectivity index (χ3v) is 1.79. The lowest BCUT2D eigenvalue weighted by atomic mass is 10.0. The van der Waals surface area contributed by atoms with Crippen LogP contribution < -0.4 is 10.9 Å². The highest BCUT2D eigenvalue weighted by Gasteiger charge is 2.01. The molecule has 0 spiro atoms. The molecule has 0 saturated carbocycles. The van der Waals surface area contributed by atoms with E-state index in [1.807, 2.05) is 7.85 Å². The first-order valence-corrected chi connectivity index (χ1v) is 5.12. The number of hydrogen-bond donors (Lipinski definition) is 1. The molecule has 0 saturated heterocycles. The average molecular weight is 226 g/mol. The van der Waals surface area contributed by atoms with Crippen LogP contribution >= 0.6 is 11.6 Å². The van der Waals surface area contributed by atoms with Crippen LogP contribution in [-0.2, 0) is 9.53 Å². The van der Waals surface area contributed by atoms with Crippen LogP contribution in [0.2, 0.25) is 0 Å². The molecule has 4 nitrogen and oxygen atoms in total. The van der Waals surface area contributed by atoms with Gasteiger partial charge in [-0.2, -0.15) is 0 Å². The summed E-state index contributed by atoms with van der Waals surface area (Å²) < 4.78 is 4.99. The molecular weight excluding hydrogens is 214 g/mol. The molecule has 1 N–H and O–H groups in total. The Hall–Kier alpha value is -1.07. The van der Waals surface area contributed by atoms with E-state index in [1.54, 1.807) is 18.3 Å². The fourth-order valence-corrected chi connectivity index (χ4v) is 1.15. The van der Waals surface area contributed by atoms with Crippen LogP contribution in [0.15, 0.2) is 18.3 Å². The average Bonchev–Trinajstić information content (AvgIpc) is 2.18. The van der Waals surface area contributed by atoms with Crippen LogP contribution in [0.1, 0.15) is 0 Å². The Bertz CT molecular complexity index is 336. The molecule has 0 radical (unpaired) electrons. The van der Waals surface area contributed by atoms with E-state index in [0.717, 1.165) is 11.3 Å². The molecule has 15 heavy (non-hydrogen) atoms. The number of hydrogen-bond acceptors (Lipinski definition) is 3. The van der Waals surface area contributed by atoms with Gasteiger partial charge in [-0.25, -0.2) is 0 Å². The maximum Gasteiger partial charge on any atom is 0.250 e. The summed E-state index contributed by atoms with van der Waals surface area (Å²) in [5, 5.41) is 2.69. The minimum atomic E-state index is -0.189. The van der Waals surface area contributed by atoms with E-state index in [-0.39, 0.29) is 12.5 Å². The number of anilines is 1. The topological polar surface area (TPSA) is 51.2 Å². The molecule has 0 atom stereocenters. The lowest BCUT2D eigenvalue weighted by Crippen LogP contribution is -2.20. The van der Waals surface area contributed by atoms with E-state index in [1.165, 1.54) is 0 Å². The zero-order valence-corrected chi connectivity index (χ0v) is 9.25. The first-order chi connectivity index (χ1) is 7.22. The summed E-state index contributed by atoms with van der Waals surface area (Å²) in [4.78, 5) is 15.3. The van der Waals surface area contributed by atoms with Gasteiger partial charge in [-0.05, 0) is 17.7 Å². The molecule has 0 aliphatic rings. The molecular formula is C9H12BClN2O2. The fraction of sp³-hybridized carbons (Fsp3) is 0.333. The molecule has 0 aliphatic heterocycles. The van der Waals surface area contributed by atoms with Gasteiger partial charge in [0.25, 0.3) is 0 Å². The molecule has 0 bridgehead atoms. The van der Waals surface area contributed by atoms with Crippen molar-refractivity contribution in [2.45, 2.75) is 0 Å². The Morgan fingerprint density at radius 2 is 2.47 bits per heavy atom. The molecule has 0 fully saturated rings. The second kappa shape index (κ2) is 6.42. The van der Waals surface area contributed by atoms with Gasteiger partial charge in [0, 0.05) is 17.8 Å². The molecule has 1 amide bonds. The van der Waals surface area contributed by atoms with E-state index in [9.17, 15) is 4.79 Å². The smallest absolute Gasteiger partial charge is 0.250 e. The molecule has 80 valence electrons. The quantitative estimate of drug-likeness (QED) is 0.420. The van der Waals surface area contributed by atoms with Gasteiger partial charge in [0.05, 0.1) is 6.61 Å². The summed E-state index contributed by atoms with van der Waals surface area (Å²) in [5.74, 6) is 0.201. The van der Waals surface area contributed by atoms with Crippen molar-refractivity contribution in [1.82, 2.24) is 4.98 Å². The van der Waals surface area contributed by atoms with E-state index in [0.29, 0.717) is 12.5 Å². The van der Waals surface area contributed by atoms with Gasteiger partial charge in [0.2, 0.25) is 5.91 Å². The minimum absolute atomic E-state index is 0.0219. The zero-order valence-electron chi connectivity index (χ0n) is 8.50. The van der Waals surface area contributed by atoms with Crippen molar-refractivity contribution >= 4 is 36.6 Å². The van der Waals surface area contributed by atoms with Crippen molar-refractivity contribution in [3.8, 4) is 0 Å². The maximum atomic E-state index is 11.3. The monoisotopic (exact) mass is 226 g/mol. The van der Waals surface area contributed by atoms with Crippen molar-refractivity contribution in [3.63, 3.8) is 0 Å². The summed E-state index contributed by atoms with van der Waals surface area (Å²) in [7, 11) is 1.86. The van der Waals surface area contributed by atoms with Crippen LogP contribution in [0.3, 0.4) is 0 Å². The third kappa shape index (κ3) is 4.81. The number of carbonyl (C=O) groups excluding carboxylic acids is 1. The second-order valence-electron chi connectivity index (χ2n) is 2.98. The van der Waals surface area contributed by atoms with E-state index < -0.39 is 0 Å². The van der Waals surface area contributed by atoms with Crippen LogP contribution in [-0.4, -0.2) is 37.8 Å². The molecule has 1 aromatic rings. The molecule has 1 rings (SSSR count). The number of nitrogens with zero attached hydrogens (tertiary/aromatic N) is 1. The summed E-state index contributed by atoms with van der Waals surface area (Å²) in [5.41, 5.74) is 1.58. The van der Waals surface area contributed by atoms with E-state index in [2.05, 4.69) is 10.3 Å². The van der Waals surface area contributed by atoms with Gasteiger partial charge in [0.15, 0.2) is 7.85 Å². The number of nitrogens with one attached hydrogen (secondary N) is 1. The van der Waals surface area contributed by atoms with Gasteiger partial charge in [-0.1, -0.05) is 0 Å². The number of carbonyl (C=O) groups is 1. The number of halogens is 1. The molecule has 0 aliphatic carbocycles. The second-order valence-corrected chi connectivity index (χ2v) is 3.35. The van der Waals surface area contributed by atoms with Crippen molar-refractivity contribution in [2.24, 2.45) is 0 Å². The van der Waals surface area contributed by atoms with Crippen LogP contribution in [0, 0.1) is 0 Å². The third-order valence-electron chi connectivity index (χ3n) is 1.64. The summed E-state index contributed by atoms with van der Waals surface area (Å²) in [6, 6.07) is 3.52. The highest BCUT2D eigenvalue weighted by atomic mass is 35.5. The number of rotatable bonds is 5. The summed E-state index contributed by atoms with van der Waals surface area (Å²) in [6.45, 7) is 0.401. The SMILES string of the molecule is Bc1cc(NC(=O)COCCCl)ccn1. The van der Waals surface area contributed by atoms with E-state index in [4.69, 9.17) is 16.3 Å². The highest BCUT2D eigenvalue weighted by molar-refractivity contribution is 6.30. The van der Waals surface area contributed by atoms with Crippen LogP contribution in [0.5, 0.6) is 0 Å². The molecule has 0 aromatic carbocycles. The first kappa shape index (κ1) is 12.0. The lowest BCUT2D eigenvalue weighted by Gasteiger charge is -2.05. The number of alkyl halides is 1. The number of amides is 1. The Labute approximate surface area is 94.4 Å². The Balaban J connectivity index is 2.37. The Morgan fingerprint density at radius 3 is 3.13 bits per heavy atom. The maximum absolute atomic E-state index is 11.3. The molecule has 6 heteroatoms. The zero-order chi connectivity index (χ0) is 11.1. The van der Waals surface area contributed by atoms with Crippen LogP contribution in [0.4, 0.5) is 5.69 Å². The van der Waals surface area contributed by atoms with Gasteiger partial charge < -0.3 is 10.1 Å². The van der Waals surface area contributed by atoms with Crippen molar-refractivity contribution in [3.05, 3.63) is 18.3 Å². The van der Waals surface area contributed by atoms with E-state index >= 15 is 0 Å². The van der Waals surface area contributed by atoms with Crippen molar-refractivity contribution in [2.75, 3.05) is 24.4 Å². The Morgan fingerprint density at radius 1 is 1.67 bits per heavy atom. The first-order valence-electron chi connectivity index (χ1n) is 4.58. The van der Waals surface area contributed by atoms with Gasteiger partial charge >= 0.3 is 0 Å². The lowest BCUT2D eigenvalue weighted by molar-refractivity contribution is -0.120. The number of aromatic nitrogens is 1. The predicted molar refractivity (Wildman–Crippen MR) is 62.6 cm³/mol. The van der Waals surface area contributed by atoms with Gasteiger partial charge in [0.1, 0.15) is 6.61 Å². The molecule has 0 unspecified atom stereocenters. The van der Waals surface area contributed by atoms with Gasteiger partial charge in [-0.3, -0.25) is 9.78 Å². The molecule has 1 aromatic heterocycles. The van der Waals surface area contributed by atoms with Crippen molar-refractivity contribution < 1.29 is 9.53 Å². The fourth-order valence-electron chi connectivity index (χ4n) is 1.04.